The summed E-state index contributed by atoms with van der Waals surface area (Å²) >= 11 is 1.42. The lowest BCUT2D eigenvalue weighted by atomic mass is 10.1. The average molecular weight is 358 g/mol. The summed E-state index contributed by atoms with van der Waals surface area (Å²) in [6.45, 7) is 6.83. The predicted octanol–water partition coefficient (Wildman–Crippen LogP) is 3.71. The topological polar surface area (TPSA) is 59.8 Å². The molecule has 0 aliphatic rings. The highest BCUT2D eigenvalue weighted by molar-refractivity contribution is 7.14. The molecular formula is C18H19FN4OS. The minimum absolute atomic E-state index is 0.146. The number of amides is 1. The lowest BCUT2D eigenvalue weighted by molar-refractivity contribution is 0.0954. The van der Waals surface area contributed by atoms with Crippen LogP contribution in [0.25, 0.3) is 11.1 Å². The highest BCUT2D eigenvalue weighted by atomic mass is 32.1. The van der Waals surface area contributed by atoms with Crippen LogP contribution in [0.2, 0.25) is 0 Å². The van der Waals surface area contributed by atoms with Gasteiger partial charge in [0, 0.05) is 4.88 Å². The van der Waals surface area contributed by atoms with E-state index in [-0.39, 0.29) is 11.7 Å². The maximum absolute atomic E-state index is 13.1. The van der Waals surface area contributed by atoms with Gasteiger partial charge in [-0.05, 0) is 50.1 Å². The molecule has 0 unspecified atom stereocenters. The average Bonchev–Trinajstić information content (AvgIpc) is 3.16. The van der Waals surface area contributed by atoms with Crippen LogP contribution in [0.15, 0.2) is 30.3 Å². The van der Waals surface area contributed by atoms with Crippen molar-refractivity contribution in [3.05, 3.63) is 57.3 Å². The van der Waals surface area contributed by atoms with Gasteiger partial charge in [-0.1, -0.05) is 12.1 Å². The van der Waals surface area contributed by atoms with Gasteiger partial charge in [0.25, 0.3) is 5.91 Å². The Morgan fingerprint density at radius 2 is 1.96 bits per heavy atom. The molecule has 1 aromatic carbocycles. The molecule has 2 heterocycles. The Bertz CT molecular complexity index is 898. The Kier molecular flexibility index (Phi) is 4.94. The summed E-state index contributed by atoms with van der Waals surface area (Å²) in [6, 6.07) is 8.13. The molecule has 0 radical (unpaired) electrons. The van der Waals surface area contributed by atoms with Crippen molar-refractivity contribution < 1.29 is 9.18 Å². The largest absolute Gasteiger partial charge is 0.346 e. The standard InChI is InChI=1S/C18H19FN4OS/c1-4-23-21-11(2)16(22-23)10-20-18(24)17-9-15(12(3)25-17)13-5-7-14(19)8-6-13/h5-9H,4,10H2,1-3H3,(H,20,24). The first-order valence-corrected chi connectivity index (χ1v) is 8.84. The molecule has 0 bridgehead atoms. The molecule has 0 aliphatic heterocycles. The molecule has 25 heavy (non-hydrogen) atoms. The molecular weight excluding hydrogens is 339 g/mol. The number of rotatable bonds is 5. The second kappa shape index (κ2) is 7.14. The summed E-state index contributed by atoms with van der Waals surface area (Å²) in [5, 5.41) is 11.5. The van der Waals surface area contributed by atoms with Crippen LogP contribution in [0.1, 0.15) is 32.9 Å². The van der Waals surface area contributed by atoms with Crippen LogP contribution in [0.3, 0.4) is 0 Å². The van der Waals surface area contributed by atoms with Gasteiger partial charge in [-0.15, -0.1) is 11.3 Å². The zero-order valence-electron chi connectivity index (χ0n) is 14.3. The van der Waals surface area contributed by atoms with Gasteiger partial charge in [0.05, 0.1) is 23.7 Å². The van der Waals surface area contributed by atoms with Crippen LogP contribution in [-0.4, -0.2) is 20.9 Å². The monoisotopic (exact) mass is 358 g/mol. The van der Waals surface area contributed by atoms with Gasteiger partial charge in [-0.3, -0.25) is 4.79 Å². The molecule has 1 N–H and O–H groups in total. The van der Waals surface area contributed by atoms with Gasteiger partial charge < -0.3 is 5.32 Å². The fourth-order valence-corrected chi connectivity index (χ4v) is 3.49. The zero-order chi connectivity index (χ0) is 18.0. The van der Waals surface area contributed by atoms with Gasteiger partial charge in [0.1, 0.15) is 11.5 Å². The lowest BCUT2D eigenvalue weighted by Gasteiger charge is -2.01. The van der Waals surface area contributed by atoms with E-state index in [2.05, 4.69) is 15.5 Å². The second-order valence-electron chi connectivity index (χ2n) is 5.69. The van der Waals surface area contributed by atoms with E-state index in [9.17, 15) is 9.18 Å². The first kappa shape index (κ1) is 17.3. The Labute approximate surface area is 149 Å². The summed E-state index contributed by atoms with van der Waals surface area (Å²) in [5.74, 6) is -0.419. The Morgan fingerprint density at radius 1 is 1.24 bits per heavy atom. The molecule has 0 atom stereocenters. The first-order valence-electron chi connectivity index (χ1n) is 8.03. The summed E-state index contributed by atoms with van der Waals surface area (Å²) in [6.07, 6.45) is 0. The molecule has 130 valence electrons. The molecule has 3 aromatic rings. The molecule has 0 saturated carbocycles. The first-order chi connectivity index (χ1) is 12.0. The third kappa shape index (κ3) is 3.76. The van der Waals surface area contributed by atoms with Crippen molar-refractivity contribution in [1.82, 2.24) is 20.3 Å². The van der Waals surface area contributed by atoms with E-state index >= 15 is 0 Å². The number of halogens is 1. The highest BCUT2D eigenvalue weighted by Gasteiger charge is 2.15. The predicted molar refractivity (Wildman–Crippen MR) is 96.1 cm³/mol. The van der Waals surface area contributed by atoms with E-state index < -0.39 is 0 Å². The van der Waals surface area contributed by atoms with E-state index in [1.165, 1.54) is 23.5 Å². The number of carbonyl (C=O) groups excluding carboxylic acids is 1. The summed E-state index contributed by atoms with van der Waals surface area (Å²) in [7, 11) is 0. The number of aromatic nitrogens is 3. The van der Waals surface area contributed by atoms with Crippen LogP contribution in [-0.2, 0) is 13.1 Å². The number of thiophene rings is 1. The number of hydrogen-bond acceptors (Lipinski definition) is 4. The van der Waals surface area contributed by atoms with Crippen LogP contribution >= 0.6 is 11.3 Å². The Morgan fingerprint density at radius 3 is 2.60 bits per heavy atom. The van der Waals surface area contributed by atoms with Gasteiger partial charge in [0.2, 0.25) is 0 Å². The van der Waals surface area contributed by atoms with Crippen molar-refractivity contribution in [2.75, 3.05) is 0 Å². The fraction of sp³-hybridized carbons (Fsp3) is 0.278. The molecule has 1 amide bonds. The van der Waals surface area contributed by atoms with Crippen molar-refractivity contribution in [1.29, 1.82) is 0 Å². The van der Waals surface area contributed by atoms with Crippen molar-refractivity contribution in [3.63, 3.8) is 0 Å². The fourth-order valence-electron chi connectivity index (χ4n) is 2.53. The van der Waals surface area contributed by atoms with E-state index in [1.807, 2.05) is 26.8 Å². The maximum atomic E-state index is 13.1. The van der Waals surface area contributed by atoms with Gasteiger partial charge in [-0.2, -0.15) is 15.0 Å². The van der Waals surface area contributed by atoms with Gasteiger partial charge in [-0.25, -0.2) is 4.39 Å². The smallest absolute Gasteiger partial charge is 0.261 e. The van der Waals surface area contributed by atoms with Crippen molar-refractivity contribution in [3.8, 4) is 11.1 Å². The van der Waals surface area contributed by atoms with Crippen molar-refractivity contribution in [2.45, 2.75) is 33.9 Å². The van der Waals surface area contributed by atoms with E-state index in [4.69, 9.17) is 0 Å². The molecule has 0 saturated heterocycles. The minimum atomic E-state index is -0.273. The zero-order valence-corrected chi connectivity index (χ0v) is 15.2. The molecule has 0 spiro atoms. The minimum Gasteiger partial charge on any atom is -0.346 e. The van der Waals surface area contributed by atoms with Gasteiger partial charge >= 0.3 is 0 Å². The third-order valence-corrected chi connectivity index (χ3v) is 4.96. The summed E-state index contributed by atoms with van der Waals surface area (Å²) < 4.78 is 13.1. The Hall–Kier alpha value is -2.54. The van der Waals surface area contributed by atoms with E-state index in [0.717, 1.165) is 27.4 Å². The maximum Gasteiger partial charge on any atom is 0.261 e. The number of carbonyl (C=O) groups is 1. The Balaban J connectivity index is 1.73. The highest BCUT2D eigenvalue weighted by Crippen LogP contribution is 2.31. The van der Waals surface area contributed by atoms with E-state index in [0.29, 0.717) is 18.0 Å². The number of nitrogens with zero attached hydrogens (tertiary/aromatic N) is 3. The third-order valence-electron chi connectivity index (χ3n) is 3.92. The lowest BCUT2D eigenvalue weighted by Crippen LogP contribution is -2.22. The van der Waals surface area contributed by atoms with E-state index in [1.54, 1.807) is 16.9 Å². The summed E-state index contributed by atoms with van der Waals surface area (Å²) in [4.78, 5) is 15.7. The quantitative estimate of drug-likeness (QED) is 0.756. The molecule has 0 aliphatic carbocycles. The number of benzene rings is 1. The van der Waals surface area contributed by atoms with Crippen LogP contribution in [0, 0.1) is 19.7 Å². The van der Waals surface area contributed by atoms with Crippen molar-refractivity contribution in [2.24, 2.45) is 0 Å². The number of nitrogens with one attached hydrogen (secondary N) is 1. The van der Waals surface area contributed by atoms with Crippen molar-refractivity contribution >= 4 is 17.2 Å². The van der Waals surface area contributed by atoms with Crippen LogP contribution in [0.4, 0.5) is 4.39 Å². The number of hydrogen-bond donors (Lipinski definition) is 1. The SMILES string of the molecule is CCn1nc(C)c(CNC(=O)c2cc(-c3ccc(F)cc3)c(C)s2)n1. The number of aryl methyl sites for hydroxylation is 3. The van der Waals surface area contributed by atoms with Gasteiger partial charge in [0.15, 0.2) is 0 Å². The molecule has 0 fully saturated rings. The molecule has 2 aromatic heterocycles. The van der Waals surface area contributed by atoms with Crippen LogP contribution < -0.4 is 5.32 Å². The molecule has 3 rings (SSSR count). The summed E-state index contributed by atoms with van der Waals surface area (Å²) in [5.41, 5.74) is 3.43. The normalized spacial score (nSPS) is 10.9. The second-order valence-corrected chi connectivity index (χ2v) is 6.95. The molecule has 5 nitrogen and oxygen atoms in total. The molecule has 7 heteroatoms. The van der Waals surface area contributed by atoms with Crippen LogP contribution in [0.5, 0.6) is 0 Å².